The van der Waals surface area contributed by atoms with Gasteiger partial charge in [-0.15, -0.1) is 0 Å². The van der Waals surface area contributed by atoms with Gasteiger partial charge in [-0.3, -0.25) is 9.89 Å². The highest BCUT2D eigenvalue weighted by atomic mass is 16.5. The summed E-state index contributed by atoms with van der Waals surface area (Å²) in [6.45, 7) is 3.24. The van der Waals surface area contributed by atoms with Gasteiger partial charge in [0.25, 0.3) is 5.91 Å². The van der Waals surface area contributed by atoms with Crippen molar-refractivity contribution < 1.29 is 9.53 Å². The van der Waals surface area contributed by atoms with Crippen LogP contribution < -0.4 is 5.32 Å². The van der Waals surface area contributed by atoms with Crippen LogP contribution in [0.4, 0.5) is 0 Å². The molecule has 3 rings (SSSR count). The summed E-state index contributed by atoms with van der Waals surface area (Å²) in [6, 6.07) is 12.0. The Hall–Kier alpha value is -2.14. The molecule has 23 heavy (non-hydrogen) atoms. The van der Waals surface area contributed by atoms with Crippen LogP contribution in [-0.2, 0) is 4.74 Å². The standard InChI is InChI=1S/C18H23N3O2/c1-13(14-6-3-2-4-7-14)23-11-5-10-19-18(22)17-12-16(20-21-17)15-8-9-15/h2-4,6-7,12-13,15H,5,8-11H2,1H3,(H,19,22)(H,20,21). The number of H-pyrrole nitrogens is 1. The van der Waals surface area contributed by atoms with Crippen LogP contribution in [0.25, 0.3) is 0 Å². The van der Waals surface area contributed by atoms with E-state index >= 15 is 0 Å². The summed E-state index contributed by atoms with van der Waals surface area (Å²) in [5.41, 5.74) is 2.72. The summed E-state index contributed by atoms with van der Waals surface area (Å²) in [6.07, 6.45) is 3.24. The van der Waals surface area contributed by atoms with E-state index in [9.17, 15) is 4.79 Å². The van der Waals surface area contributed by atoms with E-state index < -0.39 is 0 Å². The number of hydrogen-bond acceptors (Lipinski definition) is 3. The van der Waals surface area contributed by atoms with Gasteiger partial charge in [-0.05, 0) is 37.8 Å². The lowest BCUT2D eigenvalue weighted by Gasteiger charge is -2.13. The minimum absolute atomic E-state index is 0.0688. The van der Waals surface area contributed by atoms with Crippen LogP contribution in [-0.4, -0.2) is 29.3 Å². The molecule has 5 heteroatoms. The summed E-state index contributed by atoms with van der Waals surface area (Å²) in [5.74, 6) is 0.459. The van der Waals surface area contributed by atoms with E-state index in [1.165, 1.54) is 18.4 Å². The van der Waals surface area contributed by atoms with Crippen molar-refractivity contribution in [3.05, 3.63) is 53.3 Å². The van der Waals surface area contributed by atoms with Gasteiger partial charge in [-0.1, -0.05) is 30.3 Å². The van der Waals surface area contributed by atoms with Gasteiger partial charge in [-0.2, -0.15) is 5.10 Å². The number of carbonyl (C=O) groups is 1. The molecular weight excluding hydrogens is 290 g/mol. The highest BCUT2D eigenvalue weighted by molar-refractivity contribution is 5.92. The maximum Gasteiger partial charge on any atom is 0.271 e. The second kappa shape index (κ2) is 7.42. The number of hydrogen-bond donors (Lipinski definition) is 2. The molecule has 1 unspecified atom stereocenters. The number of amides is 1. The molecule has 1 aliphatic rings. The molecule has 1 aromatic carbocycles. The van der Waals surface area contributed by atoms with Crippen LogP contribution in [0.15, 0.2) is 36.4 Å². The number of nitrogens with one attached hydrogen (secondary N) is 2. The van der Waals surface area contributed by atoms with Crippen molar-refractivity contribution in [2.75, 3.05) is 13.2 Å². The third-order valence-corrected chi connectivity index (χ3v) is 4.09. The Kier molecular flexibility index (Phi) is 5.08. The molecule has 1 amide bonds. The molecule has 0 aliphatic heterocycles. The first-order chi connectivity index (χ1) is 11.2. The van der Waals surface area contributed by atoms with Gasteiger partial charge in [0.15, 0.2) is 0 Å². The fourth-order valence-corrected chi connectivity index (χ4v) is 2.50. The lowest BCUT2D eigenvalue weighted by molar-refractivity contribution is 0.0634. The Labute approximate surface area is 136 Å². The van der Waals surface area contributed by atoms with Crippen molar-refractivity contribution in [3.8, 4) is 0 Å². The van der Waals surface area contributed by atoms with Gasteiger partial charge in [0.2, 0.25) is 0 Å². The van der Waals surface area contributed by atoms with Crippen molar-refractivity contribution in [2.24, 2.45) is 0 Å². The van der Waals surface area contributed by atoms with Gasteiger partial charge in [0, 0.05) is 24.8 Å². The smallest absolute Gasteiger partial charge is 0.271 e. The van der Waals surface area contributed by atoms with Gasteiger partial charge < -0.3 is 10.1 Å². The molecule has 0 radical (unpaired) electrons. The first kappa shape index (κ1) is 15.7. The summed E-state index contributed by atoms with van der Waals surface area (Å²) in [7, 11) is 0. The van der Waals surface area contributed by atoms with Crippen molar-refractivity contribution >= 4 is 5.91 Å². The molecule has 2 N–H and O–H groups in total. The Morgan fingerprint density at radius 3 is 2.91 bits per heavy atom. The van der Waals surface area contributed by atoms with Gasteiger partial charge >= 0.3 is 0 Å². The molecule has 0 saturated heterocycles. The van der Waals surface area contributed by atoms with Crippen LogP contribution in [0.5, 0.6) is 0 Å². The molecule has 5 nitrogen and oxygen atoms in total. The van der Waals surface area contributed by atoms with Crippen LogP contribution in [0, 0.1) is 0 Å². The third-order valence-electron chi connectivity index (χ3n) is 4.09. The number of benzene rings is 1. The van der Waals surface area contributed by atoms with E-state index in [-0.39, 0.29) is 12.0 Å². The zero-order valence-electron chi connectivity index (χ0n) is 13.4. The van der Waals surface area contributed by atoms with E-state index in [0.717, 1.165) is 12.1 Å². The van der Waals surface area contributed by atoms with Crippen molar-refractivity contribution in [3.63, 3.8) is 0 Å². The largest absolute Gasteiger partial charge is 0.374 e. The second-order valence-corrected chi connectivity index (χ2v) is 6.02. The summed E-state index contributed by atoms with van der Waals surface area (Å²) in [4.78, 5) is 12.0. The summed E-state index contributed by atoms with van der Waals surface area (Å²) >= 11 is 0. The van der Waals surface area contributed by atoms with Crippen molar-refractivity contribution in [1.82, 2.24) is 15.5 Å². The molecule has 1 fully saturated rings. The zero-order valence-corrected chi connectivity index (χ0v) is 13.4. The Morgan fingerprint density at radius 1 is 1.39 bits per heavy atom. The Balaban J connectivity index is 1.33. The van der Waals surface area contributed by atoms with E-state index in [2.05, 4.69) is 27.6 Å². The number of rotatable bonds is 8. The molecule has 1 heterocycles. The molecule has 122 valence electrons. The highest BCUT2D eigenvalue weighted by Crippen LogP contribution is 2.38. The fraction of sp³-hybridized carbons (Fsp3) is 0.444. The summed E-state index contributed by atoms with van der Waals surface area (Å²) in [5, 5.41) is 9.91. The van der Waals surface area contributed by atoms with Crippen LogP contribution in [0.3, 0.4) is 0 Å². The topological polar surface area (TPSA) is 67.0 Å². The molecule has 1 aliphatic carbocycles. The normalized spacial score (nSPS) is 15.3. The highest BCUT2D eigenvalue weighted by Gasteiger charge is 2.26. The van der Waals surface area contributed by atoms with Crippen LogP contribution >= 0.6 is 0 Å². The van der Waals surface area contributed by atoms with Crippen LogP contribution in [0.2, 0.25) is 0 Å². The lowest BCUT2D eigenvalue weighted by atomic mass is 10.1. The molecule has 2 aromatic rings. The molecule has 1 atom stereocenters. The van der Waals surface area contributed by atoms with E-state index in [1.807, 2.05) is 31.2 Å². The van der Waals surface area contributed by atoms with Crippen molar-refractivity contribution in [2.45, 2.75) is 38.2 Å². The van der Waals surface area contributed by atoms with E-state index in [4.69, 9.17) is 4.74 Å². The Morgan fingerprint density at radius 2 is 2.17 bits per heavy atom. The number of ether oxygens (including phenoxy) is 1. The predicted molar refractivity (Wildman–Crippen MR) is 88.3 cm³/mol. The molecule has 1 aromatic heterocycles. The Bertz CT molecular complexity index is 635. The monoisotopic (exact) mass is 313 g/mol. The van der Waals surface area contributed by atoms with E-state index in [0.29, 0.717) is 24.8 Å². The quantitative estimate of drug-likeness (QED) is 0.736. The first-order valence-corrected chi connectivity index (χ1v) is 8.24. The number of aromatic nitrogens is 2. The molecular formula is C18H23N3O2. The zero-order chi connectivity index (χ0) is 16.1. The van der Waals surface area contributed by atoms with Gasteiger partial charge in [0.1, 0.15) is 5.69 Å². The van der Waals surface area contributed by atoms with Gasteiger partial charge in [0.05, 0.1) is 6.10 Å². The van der Waals surface area contributed by atoms with Gasteiger partial charge in [-0.25, -0.2) is 0 Å². The molecule has 1 saturated carbocycles. The van der Waals surface area contributed by atoms with Crippen molar-refractivity contribution in [1.29, 1.82) is 0 Å². The first-order valence-electron chi connectivity index (χ1n) is 8.24. The number of nitrogens with zero attached hydrogens (tertiary/aromatic N) is 1. The molecule has 0 bridgehead atoms. The SMILES string of the molecule is CC(OCCCNC(=O)c1cc(C2CC2)[nH]n1)c1ccccc1. The number of aromatic amines is 1. The second-order valence-electron chi connectivity index (χ2n) is 6.02. The van der Waals surface area contributed by atoms with E-state index in [1.54, 1.807) is 0 Å². The third kappa shape index (κ3) is 4.42. The average Bonchev–Trinajstić information content (AvgIpc) is 3.32. The minimum Gasteiger partial charge on any atom is -0.374 e. The minimum atomic E-state index is -0.121. The fourth-order valence-electron chi connectivity index (χ4n) is 2.50. The number of carbonyl (C=O) groups excluding carboxylic acids is 1. The summed E-state index contributed by atoms with van der Waals surface area (Å²) < 4.78 is 5.79. The average molecular weight is 313 g/mol. The van der Waals surface area contributed by atoms with Crippen LogP contribution in [0.1, 0.15) is 60.0 Å². The predicted octanol–water partition coefficient (Wildman–Crippen LogP) is 3.18. The molecule has 0 spiro atoms. The lowest BCUT2D eigenvalue weighted by Crippen LogP contribution is -2.25. The maximum atomic E-state index is 12.0. The maximum absolute atomic E-state index is 12.0.